The maximum absolute atomic E-state index is 13.6. The minimum atomic E-state index is -3.95. The third kappa shape index (κ3) is 5.20. The molecule has 1 heterocycles. The number of aliphatic hydroxyl groups is 1. The van der Waals surface area contributed by atoms with Crippen LogP contribution in [0.15, 0.2) is 47.4 Å². The number of rotatable bonds is 6. The van der Waals surface area contributed by atoms with Gasteiger partial charge in [-0.05, 0) is 55.2 Å². The number of hydrogen-bond acceptors (Lipinski definition) is 6. The highest BCUT2D eigenvalue weighted by Crippen LogP contribution is 2.37. The van der Waals surface area contributed by atoms with E-state index in [0.717, 1.165) is 18.4 Å². The Kier molecular flexibility index (Phi) is 7.17. The number of benzene rings is 2. The van der Waals surface area contributed by atoms with E-state index >= 15 is 0 Å². The Hall–Kier alpha value is -2.93. The Morgan fingerprint density at radius 1 is 1.26 bits per heavy atom. The number of amides is 1. The molecule has 1 N–H and O–H groups in total. The monoisotopic (exact) mass is 497 g/mol. The van der Waals surface area contributed by atoms with Crippen molar-refractivity contribution < 1.29 is 23.1 Å². The zero-order valence-electron chi connectivity index (χ0n) is 20.2. The highest BCUT2D eigenvalue weighted by atomic mass is 32.2. The standard InChI is InChI=1S/C26H31N3O5S/c1-17-14-29(18(2)16-30)35(32,33)25-10-9-22(21-6-4-5-19(11-21)13-27)12-23(25)34-24(17)15-28(3)26(31)20-7-8-20/h4-6,9-12,17-18,20,24,30H,7-8,14-16H2,1-3H3/t17-,18-,24+/m1/s1. The minimum Gasteiger partial charge on any atom is -0.487 e. The molecule has 35 heavy (non-hydrogen) atoms. The van der Waals surface area contributed by atoms with E-state index < -0.39 is 22.2 Å². The summed E-state index contributed by atoms with van der Waals surface area (Å²) >= 11 is 0. The van der Waals surface area contributed by atoms with Crippen molar-refractivity contribution in [2.45, 2.75) is 43.7 Å². The zero-order chi connectivity index (χ0) is 25.3. The van der Waals surface area contributed by atoms with E-state index in [1.165, 1.54) is 10.4 Å². The summed E-state index contributed by atoms with van der Waals surface area (Å²) < 4.78 is 34.9. The number of sulfonamides is 1. The summed E-state index contributed by atoms with van der Waals surface area (Å²) in [6.45, 7) is 3.74. The highest BCUT2D eigenvalue weighted by Gasteiger charge is 2.39. The molecule has 0 bridgehead atoms. The van der Waals surface area contributed by atoms with Crippen LogP contribution in [0, 0.1) is 23.2 Å². The van der Waals surface area contributed by atoms with E-state index in [1.54, 1.807) is 49.2 Å². The SMILES string of the molecule is C[C@@H]1CN([C@H](C)CO)S(=O)(=O)c2ccc(-c3cccc(C#N)c3)cc2O[C@H]1CN(C)C(=O)C1CC1. The molecule has 2 aromatic rings. The first-order chi connectivity index (χ1) is 16.6. The molecular formula is C26H31N3O5S. The summed E-state index contributed by atoms with van der Waals surface area (Å²) in [5.74, 6) is 0.107. The maximum atomic E-state index is 13.6. The van der Waals surface area contributed by atoms with Crippen molar-refractivity contribution in [1.29, 1.82) is 5.26 Å². The molecule has 186 valence electrons. The van der Waals surface area contributed by atoms with Crippen molar-refractivity contribution in [3.05, 3.63) is 48.0 Å². The molecule has 0 radical (unpaired) electrons. The molecule has 2 aliphatic rings. The summed E-state index contributed by atoms with van der Waals surface area (Å²) in [7, 11) is -2.20. The van der Waals surface area contributed by atoms with E-state index in [1.807, 2.05) is 13.0 Å². The molecule has 0 saturated heterocycles. The van der Waals surface area contributed by atoms with Gasteiger partial charge in [0, 0.05) is 31.5 Å². The number of carbonyl (C=O) groups excluding carboxylic acids is 1. The van der Waals surface area contributed by atoms with Crippen molar-refractivity contribution in [1.82, 2.24) is 9.21 Å². The third-order valence-corrected chi connectivity index (χ3v) is 8.77. The lowest BCUT2D eigenvalue weighted by molar-refractivity contribution is -0.132. The molecule has 1 aliphatic heterocycles. The largest absolute Gasteiger partial charge is 0.487 e. The quantitative estimate of drug-likeness (QED) is 0.657. The van der Waals surface area contributed by atoms with Gasteiger partial charge in [0.05, 0.1) is 24.8 Å². The average molecular weight is 498 g/mol. The van der Waals surface area contributed by atoms with Gasteiger partial charge in [0.2, 0.25) is 15.9 Å². The van der Waals surface area contributed by atoms with Gasteiger partial charge in [0.25, 0.3) is 0 Å². The Labute approximate surface area is 206 Å². The van der Waals surface area contributed by atoms with Gasteiger partial charge in [-0.25, -0.2) is 8.42 Å². The molecule has 4 rings (SSSR count). The molecule has 0 aromatic heterocycles. The van der Waals surface area contributed by atoms with Crippen molar-refractivity contribution in [2.75, 3.05) is 26.7 Å². The van der Waals surface area contributed by atoms with Crippen LogP contribution in [-0.2, 0) is 14.8 Å². The predicted octanol–water partition coefficient (Wildman–Crippen LogP) is 2.86. The van der Waals surface area contributed by atoms with Gasteiger partial charge in [-0.3, -0.25) is 4.79 Å². The number of aliphatic hydroxyl groups excluding tert-OH is 1. The molecule has 8 nitrogen and oxygen atoms in total. The Morgan fingerprint density at radius 3 is 2.63 bits per heavy atom. The number of nitrogens with zero attached hydrogens (tertiary/aromatic N) is 3. The first-order valence-electron chi connectivity index (χ1n) is 11.8. The van der Waals surface area contributed by atoms with E-state index in [2.05, 4.69) is 6.07 Å². The van der Waals surface area contributed by atoms with Crippen LogP contribution in [0.4, 0.5) is 0 Å². The van der Waals surface area contributed by atoms with Crippen LogP contribution in [0.3, 0.4) is 0 Å². The number of carbonyl (C=O) groups is 1. The van der Waals surface area contributed by atoms with Crippen LogP contribution >= 0.6 is 0 Å². The van der Waals surface area contributed by atoms with Crippen LogP contribution in [0.5, 0.6) is 5.75 Å². The van der Waals surface area contributed by atoms with Gasteiger partial charge in [-0.1, -0.05) is 25.1 Å². The number of ether oxygens (including phenoxy) is 1. The smallest absolute Gasteiger partial charge is 0.247 e. The topological polar surface area (TPSA) is 111 Å². The van der Waals surface area contributed by atoms with E-state index in [9.17, 15) is 23.6 Å². The minimum absolute atomic E-state index is 0.0195. The average Bonchev–Trinajstić information content (AvgIpc) is 3.70. The molecule has 1 aliphatic carbocycles. The molecular weight excluding hydrogens is 466 g/mol. The van der Waals surface area contributed by atoms with Crippen molar-refractivity contribution >= 4 is 15.9 Å². The lowest BCUT2D eigenvalue weighted by Gasteiger charge is -2.37. The highest BCUT2D eigenvalue weighted by molar-refractivity contribution is 7.89. The number of fused-ring (bicyclic) bond motifs is 1. The van der Waals surface area contributed by atoms with Crippen LogP contribution in [0.1, 0.15) is 32.3 Å². The van der Waals surface area contributed by atoms with Crippen molar-refractivity contribution in [3.8, 4) is 22.9 Å². The second kappa shape index (κ2) is 9.97. The third-order valence-electron chi connectivity index (χ3n) is 6.75. The van der Waals surface area contributed by atoms with Crippen LogP contribution in [0.2, 0.25) is 0 Å². The Morgan fingerprint density at radius 2 is 1.97 bits per heavy atom. The van der Waals surface area contributed by atoms with Crippen molar-refractivity contribution in [3.63, 3.8) is 0 Å². The fourth-order valence-corrected chi connectivity index (χ4v) is 6.22. The summed E-state index contributed by atoms with van der Waals surface area (Å²) in [5.41, 5.74) is 1.98. The second-order valence-electron chi connectivity index (χ2n) is 9.59. The van der Waals surface area contributed by atoms with E-state index in [-0.39, 0.29) is 41.5 Å². The summed E-state index contributed by atoms with van der Waals surface area (Å²) in [4.78, 5) is 14.3. The molecule has 9 heteroatoms. The molecule has 1 amide bonds. The maximum Gasteiger partial charge on any atom is 0.247 e. The summed E-state index contributed by atoms with van der Waals surface area (Å²) in [6.07, 6.45) is 1.35. The number of nitriles is 1. The predicted molar refractivity (Wildman–Crippen MR) is 131 cm³/mol. The van der Waals surface area contributed by atoms with Gasteiger partial charge in [-0.15, -0.1) is 0 Å². The first-order valence-corrected chi connectivity index (χ1v) is 13.3. The Balaban J connectivity index is 1.78. The van der Waals surface area contributed by atoms with Gasteiger partial charge < -0.3 is 14.7 Å². The summed E-state index contributed by atoms with van der Waals surface area (Å²) in [6, 6.07) is 13.5. The van der Waals surface area contributed by atoms with Crippen LogP contribution < -0.4 is 4.74 Å². The second-order valence-corrected chi connectivity index (χ2v) is 11.4. The van der Waals surface area contributed by atoms with Gasteiger partial charge in [0.1, 0.15) is 16.7 Å². The van der Waals surface area contributed by atoms with Crippen LogP contribution in [-0.4, -0.2) is 67.5 Å². The lowest BCUT2D eigenvalue weighted by atomic mass is 10.0. The fraction of sp³-hybridized carbons (Fsp3) is 0.462. The molecule has 2 aromatic carbocycles. The first kappa shape index (κ1) is 25.2. The number of likely N-dealkylation sites (N-methyl/N-ethyl adjacent to an activating group) is 1. The molecule has 0 unspecified atom stereocenters. The summed E-state index contributed by atoms with van der Waals surface area (Å²) in [5, 5.41) is 19.1. The fourth-order valence-electron chi connectivity index (χ4n) is 4.39. The van der Waals surface area contributed by atoms with E-state index in [4.69, 9.17) is 4.74 Å². The van der Waals surface area contributed by atoms with Gasteiger partial charge >= 0.3 is 0 Å². The molecule has 1 fully saturated rings. The van der Waals surface area contributed by atoms with Crippen LogP contribution in [0.25, 0.3) is 11.1 Å². The van der Waals surface area contributed by atoms with E-state index in [0.29, 0.717) is 17.7 Å². The number of hydrogen-bond donors (Lipinski definition) is 1. The zero-order valence-corrected chi connectivity index (χ0v) is 21.0. The van der Waals surface area contributed by atoms with Gasteiger partial charge in [0.15, 0.2) is 0 Å². The molecule has 1 saturated carbocycles. The molecule has 3 atom stereocenters. The van der Waals surface area contributed by atoms with Crippen molar-refractivity contribution in [2.24, 2.45) is 11.8 Å². The molecule has 0 spiro atoms. The van der Waals surface area contributed by atoms with Gasteiger partial charge in [-0.2, -0.15) is 9.57 Å². The lowest BCUT2D eigenvalue weighted by Crippen LogP contribution is -2.50. The normalized spacial score (nSPS) is 22.6. The Bertz CT molecular complexity index is 1250.